The summed E-state index contributed by atoms with van der Waals surface area (Å²) in [5.41, 5.74) is 2.72. The highest BCUT2D eigenvalue weighted by atomic mass is 16.5. The van der Waals surface area contributed by atoms with Crippen molar-refractivity contribution in [3.05, 3.63) is 60.4 Å². The molecule has 3 rings (SSSR count). The van der Waals surface area contributed by atoms with Crippen molar-refractivity contribution < 1.29 is 9.53 Å². The highest BCUT2D eigenvalue weighted by Gasteiger charge is 2.06. The maximum absolute atomic E-state index is 12.1. The minimum Gasteiger partial charge on any atom is -0.497 e. The molecule has 5 heteroatoms. The van der Waals surface area contributed by atoms with Gasteiger partial charge in [0.05, 0.1) is 24.5 Å². The molecule has 3 aromatic rings. The molecule has 0 spiro atoms. The predicted octanol–water partition coefficient (Wildman–Crippen LogP) is 2.87. The lowest BCUT2D eigenvalue weighted by Crippen LogP contribution is -2.25. The molecule has 1 N–H and O–H groups in total. The molecule has 0 aliphatic heterocycles. The number of para-hydroxylation sites is 2. The van der Waals surface area contributed by atoms with E-state index in [1.54, 1.807) is 19.2 Å². The first kappa shape index (κ1) is 15.1. The highest BCUT2D eigenvalue weighted by molar-refractivity contribution is 5.94. The van der Waals surface area contributed by atoms with Crippen LogP contribution in [0.2, 0.25) is 0 Å². The van der Waals surface area contributed by atoms with Crippen molar-refractivity contribution in [1.29, 1.82) is 0 Å². The number of hydrogen-bond donors (Lipinski definition) is 1. The van der Waals surface area contributed by atoms with Gasteiger partial charge in [-0.15, -0.1) is 0 Å². The Hall–Kier alpha value is -2.82. The number of aryl methyl sites for hydroxylation is 1. The highest BCUT2D eigenvalue weighted by Crippen LogP contribution is 2.13. The largest absolute Gasteiger partial charge is 0.497 e. The van der Waals surface area contributed by atoms with Gasteiger partial charge in [0, 0.05) is 18.7 Å². The Labute approximate surface area is 134 Å². The van der Waals surface area contributed by atoms with Crippen molar-refractivity contribution in [2.45, 2.75) is 13.0 Å². The summed E-state index contributed by atoms with van der Waals surface area (Å²) in [5, 5.41) is 2.93. The second-order valence-corrected chi connectivity index (χ2v) is 5.27. The number of hydrogen-bond acceptors (Lipinski definition) is 3. The van der Waals surface area contributed by atoms with E-state index in [0.717, 1.165) is 24.0 Å². The van der Waals surface area contributed by atoms with Gasteiger partial charge in [0.25, 0.3) is 5.91 Å². The quantitative estimate of drug-likeness (QED) is 0.712. The van der Waals surface area contributed by atoms with Crippen LogP contribution in [0.4, 0.5) is 0 Å². The van der Waals surface area contributed by atoms with Gasteiger partial charge in [0.2, 0.25) is 0 Å². The molecule has 0 atom stereocenters. The van der Waals surface area contributed by atoms with Crippen LogP contribution in [0, 0.1) is 0 Å². The molecule has 118 valence electrons. The van der Waals surface area contributed by atoms with Crippen LogP contribution in [-0.2, 0) is 6.54 Å². The van der Waals surface area contributed by atoms with Crippen LogP contribution >= 0.6 is 0 Å². The first-order valence-corrected chi connectivity index (χ1v) is 7.60. The topological polar surface area (TPSA) is 56.1 Å². The molecule has 5 nitrogen and oxygen atoms in total. The number of methoxy groups -OCH3 is 1. The normalized spacial score (nSPS) is 10.7. The molecule has 0 aliphatic rings. The van der Waals surface area contributed by atoms with E-state index in [-0.39, 0.29) is 5.91 Å². The summed E-state index contributed by atoms with van der Waals surface area (Å²) in [7, 11) is 1.59. The number of nitrogens with zero attached hydrogens (tertiary/aromatic N) is 2. The van der Waals surface area contributed by atoms with E-state index >= 15 is 0 Å². The number of nitrogens with one attached hydrogen (secondary N) is 1. The van der Waals surface area contributed by atoms with Gasteiger partial charge in [-0.05, 0) is 36.8 Å². The summed E-state index contributed by atoms with van der Waals surface area (Å²) in [4.78, 5) is 16.5. The fourth-order valence-corrected chi connectivity index (χ4v) is 2.51. The molecule has 0 fully saturated rings. The molecule has 0 bridgehead atoms. The molecule has 0 radical (unpaired) electrons. The molecule has 0 saturated carbocycles. The number of aromatic nitrogens is 2. The zero-order valence-electron chi connectivity index (χ0n) is 13.0. The number of carbonyl (C=O) groups is 1. The van der Waals surface area contributed by atoms with E-state index in [0.29, 0.717) is 17.9 Å². The van der Waals surface area contributed by atoms with E-state index in [4.69, 9.17) is 4.74 Å². The summed E-state index contributed by atoms with van der Waals surface area (Å²) >= 11 is 0. The van der Waals surface area contributed by atoms with E-state index in [1.165, 1.54) is 0 Å². The van der Waals surface area contributed by atoms with Crippen molar-refractivity contribution in [2.24, 2.45) is 0 Å². The fraction of sp³-hybridized carbons (Fsp3) is 0.222. The second-order valence-electron chi connectivity index (χ2n) is 5.27. The first-order chi connectivity index (χ1) is 11.3. The Kier molecular flexibility index (Phi) is 4.57. The lowest BCUT2D eigenvalue weighted by atomic mass is 10.2. The molecular weight excluding hydrogens is 290 g/mol. The van der Waals surface area contributed by atoms with Crippen molar-refractivity contribution in [1.82, 2.24) is 14.9 Å². The SMILES string of the molecule is COc1cccc(C(=O)NCCCn2cnc3ccccc32)c1. The number of benzene rings is 2. The zero-order valence-corrected chi connectivity index (χ0v) is 13.0. The van der Waals surface area contributed by atoms with Crippen LogP contribution in [0.5, 0.6) is 5.75 Å². The van der Waals surface area contributed by atoms with Gasteiger partial charge in [-0.2, -0.15) is 0 Å². The first-order valence-electron chi connectivity index (χ1n) is 7.60. The number of carbonyl (C=O) groups excluding carboxylic acids is 1. The van der Waals surface area contributed by atoms with Gasteiger partial charge >= 0.3 is 0 Å². The maximum atomic E-state index is 12.1. The summed E-state index contributed by atoms with van der Waals surface area (Å²) in [6, 6.07) is 15.2. The third kappa shape index (κ3) is 3.51. The number of rotatable bonds is 6. The Morgan fingerprint density at radius 3 is 2.96 bits per heavy atom. The molecule has 0 aliphatic carbocycles. The zero-order chi connectivity index (χ0) is 16.1. The number of fused-ring (bicyclic) bond motifs is 1. The van der Waals surface area contributed by atoms with Crippen LogP contribution < -0.4 is 10.1 Å². The average molecular weight is 309 g/mol. The molecule has 23 heavy (non-hydrogen) atoms. The Bertz CT molecular complexity index is 811. The van der Waals surface area contributed by atoms with Crippen LogP contribution in [0.3, 0.4) is 0 Å². The molecule has 0 saturated heterocycles. The standard InChI is InChI=1S/C18H19N3O2/c1-23-15-7-4-6-14(12-15)18(22)19-10-5-11-21-13-20-16-8-2-3-9-17(16)21/h2-4,6-9,12-13H,5,10-11H2,1H3,(H,19,22). The smallest absolute Gasteiger partial charge is 0.251 e. The Morgan fingerprint density at radius 1 is 1.22 bits per heavy atom. The number of ether oxygens (including phenoxy) is 1. The van der Waals surface area contributed by atoms with Crippen molar-refractivity contribution in [3.8, 4) is 5.75 Å². The maximum Gasteiger partial charge on any atom is 0.251 e. The van der Waals surface area contributed by atoms with Gasteiger partial charge < -0.3 is 14.6 Å². The minimum atomic E-state index is -0.0839. The lowest BCUT2D eigenvalue weighted by Gasteiger charge is -2.07. The third-order valence-electron chi connectivity index (χ3n) is 3.72. The summed E-state index contributed by atoms with van der Waals surface area (Å²) in [6.07, 6.45) is 2.69. The third-order valence-corrected chi connectivity index (χ3v) is 3.72. The van der Waals surface area contributed by atoms with E-state index in [1.807, 2.05) is 36.7 Å². The van der Waals surface area contributed by atoms with Crippen LogP contribution in [0.25, 0.3) is 11.0 Å². The van der Waals surface area contributed by atoms with Gasteiger partial charge in [-0.25, -0.2) is 4.98 Å². The van der Waals surface area contributed by atoms with E-state index in [9.17, 15) is 4.79 Å². The number of imidazole rings is 1. The van der Waals surface area contributed by atoms with Crippen molar-refractivity contribution >= 4 is 16.9 Å². The average Bonchev–Trinajstić information content (AvgIpc) is 3.02. The molecule has 1 aromatic heterocycles. The molecular formula is C18H19N3O2. The van der Waals surface area contributed by atoms with E-state index < -0.39 is 0 Å². The number of amides is 1. The predicted molar refractivity (Wildman–Crippen MR) is 89.7 cm³/mol. The van der Waals surface area contributed by atoms with Gasteiger partial charge in [0.15, 0.2) is 0 Å². The summed E-state index contributed by atoms with van der Waals surface area (Å²) in [5.74, 6) is 0.599. The van der Waals surface area contributed by atoms with Crippen molar-refractivity contribution in [2.75, 3.05) is 13.7 Å². The van der Waals surface area contributed by atoms with Gasteiger partial charge in [-0.1, -0.05) is 18.2 Å². The molecule has 1 heterocycles. The molecule has 0 unspecified atom stereocenters. The lowest BCUT2D eigenvalue weighted by molar-refractivity contribution is 0.0952. The van der Waals surface area contributed by atoms with Crippen LogP contribution in [0.15, 0.2) is 54.9 Å². The molecule has 1 amide bonds. The Balaban J connectivity index is 1.52. The second kappa shape index (κ2) is 6.96. The van der Waals surface area contributed by atoms with Crippen LogP contribution in [0.1, 0.15) is 16.8 Å². The summed E-state index contributed by atoms with van der Waals surface area (Å²) < 4.78 is 7.23. The fourth-order valence-electron chi connectivity index (χ4n) is 2.51. The van der Waals surface area contributed by atoms with Crippen LogP contribution in [-0.4, -0.2) is 29.1 Å². The minimum absolute atomic E-state index is 0.0839. The van der Waals surface area contributed by atoms with Gasteiger partial charge in [-0.3, -0.25) is 4.79 Å². The Morgan fingerprint density at radius 2 is 2.09 bits per heavy atom. The summed E-state index contributed by atoms with van der Waals surface area (Å²) in [6.45, 7) is 1.43. The van der Waals surface area contributed by atoms with E-state index in [2.05, 4.69) is 20.9 Å². The van der Waals surface area contributed by atoms with Gasteiger partial charge in [0.1, 0.15) is 5.75 Å². The molecule has 2 aromatic carbocycles. The monoisotopic (exact) mass is 309 g/mol. The van der Waals surface area contributed by atoms with Crippen molar-refractivity contribution in [3.63, 3.8) is 0 Å².